The number of likely N-dealkylation sites (N-methyl/N-ethyl adjacent to an activating group) is 3. The third-order valence-electron chi connectivity index (χ3n) is 20.3. The normalized spacial score (nSPS) is 20.1. The van der Waals surface area contributed by atoms with Crippen molar-refractivity contribution in [3.8, 4) is 17.2 Å². The van der Waals surface area contributed by atoms with Crippen molar-refractivity contribution < 1.29 is 28.6 Å². The number of anilines is 6. The molecule has 3 saturated heterocycles. The molecule has 6 aliphatic heterocycles. The van der Waals surface area contributed by atoms with Crippen LogP contribution in [0.3, 0.4) is 0 Å². The SMILES string of the molecule is COc1cc2c(cc1Nc1ncc3cnn(CC4C(C)CCN4C(C)=O)c3n1)CN(C)CC2.COc1cc2c(cc1Nc1ncc3cnn(CC4CC(C)CN4C(C)=O)c3n1)CN(C)CC2.COc1cc2c(cc1Nc1ncc3cnn(CC4CCCN4C(C)=O)c3n1)CN(C)CC2. The molecule has 98 heavy (non-hydrogen) atoms. The molecule has 3 amide bonds. The first-order chi connectivity index (χ1) is 47.3. The van der Waals surface area contributed by atoms with Crippen LogP contribution in [-0.2, 0) is 72.9 Å². The van der Waals surface area contributed by atoms with Crippen molar-refractivity contribution in [1.82, 2.24) is 88.6 Å². The highest BCUT2D eigenvalue weighted by Gasteiger charge is 2.35. The van der Waals surface area contributed by atoms with Crippen molar-refractivity contribution in [3.05, 3.63) is 107 Å². The van der Waals surface area contributed by atoms with Gasteiger partial charge < -0.3 is 59.6 Å². The zero-order valence-corrected chi connectivity index (χ0v) is 58.2. The minimum atomic E-state index is 0.114. The molecule has 12 heterocycles. The summed E-state index contributed by atoms with van der Waals surface area (Å²) in [7, 11) is 11.5. The molecule has 516 valence electrons. The number of hydrogen-bond acceptors (Lipinski definition) is 21. The lowest BCUT2D eigenvalue weighted by molar-refractivity contribution is -0.131. The van der Waals surface area contributed by atoms with Gasteiger partial charge in [0.05, 0.1) is 111 Å². The van der Waals surface area contributed by atoms with Gasteiger partial charge in [0.15, 0.2) is 16.9 Å². The Morgan fingerprint density at radius 1 is 0.469 bits per heavy atom. The Kier molecular flexibility index (Phi) is 19.7. The van der Waals surface area contributed by atoms with Crippen molar-refractivity contribution in [2.75, 3.05) is 97.7 Å². The summed E-state index contributed by atoms with van der Waals surface area (Å²) in [5.74, 6) is 5.10. The van der Waals surface area contributed by atoms with Crippen molar-refractivity contribution in [3.63, 3.8) is 0 Å². The van der Waals surface area contributed by atoms with Crippen LogP contribution in [-0.4, -0.2) is 206 Å². The molecule has 27 heteroatoms. The number of benzene rings is 3. The maximum atomic E-state index is 12.1. The number of amides is 3. The van der Waals surface area contributed by atoms with Gasteiger partial charge in [0, 0.05) is 98.3 Å². The van der Waals surface area contributed by atoms with E-state index in [9.17, 15) is 14.4 Å². The first-order valence-corrected chi connectivity index (χ1v) is 34.2. The Balaban J connectivity index is 0.000000132. The second-order valence-corrected chi connectivity index (χ2v) is 27.4. The second-order valence-electron chi connectivity index (χ2n) is 27.4. The Morgan fingerprint density at radius 2 is 0.867 bits per heavy atom. The third kappa shape index (κ3) is 14.5. The average Bonchev–Trinajstić information content (AvgIpc) is 1.80. The monoisotopic (exact) mass is 1330 g/mol. The standard InChI is InChI=1S/2C24H31N7O2.C23H29N7O2/c1-15-5-8-30(16(2)32)21(15)14-31-23-19(12-26-31)11-25-24(28-23)27-20-9-18-13-29(3)7-6-17(18)10-22(20)33-4;1-15-7-20(30(12-15)16(2)32)14-31-23-19(11-26-31)10-25-24(28-23)27-21-8-18-13-29(3)6-5-17(18)9-22(21)33-4;1-15(31)29-7-4-5-19(29)14-30-22-18(12-25-30)11-24-23(27-22)26-20-9-17-13-28(2)8-6-16(17)10-21(20)32-3/h9-12,15,21H,5-8,13-14H2,1-4H3,(H,25,27,28);8-11,15,20H,5-7,12-14H2,1-4H3,(H,25,27,28);9-12,19H,4-8,13-14H2,1-3H3,(H,24,26,27). The first kappa shape index (κ1) is 67.0. The van der Waals surface area contributed by atoms with E-state index in [1.165, 1.54) is 33.4 Å². The van der Waals surface area contributed by atoms with E-state index >= 15 is 0 Å². The molecule has 3 N–H and O–H groups in total. The lowest BCUT2D eigenvalue weighted by Gasteiger charge is -2.26. The van der Waals surface area contributed by atoms with E-state index in [0.29, 0.717) is 49.3 Å². The molecule has 3 aromatic carbocycles. The van der Waals surface area contributed by atoms with E-state index in [1.807, 2.05) is 28.7 Å². The summed E-state index contributed by atoms with van der Waals surface area (Å²) in [5, 5.41) is 26.3. The highest BCUT2D eigenvalue weighted by Crippen LogP contribution is 2.37. The molecule has 0 saturated carbocycles. The number of carbonyl (C=O) groups is 3. The zero-order valence-electron chi connectivity index (χ0n) is 58.2. The number of nitrogens with one attached hydrogen (secondary N) is 3. The Hall–Kier alpha value is -9.60. The summed E-state index contributed by atoms with van der Waals surface area (Å²) in [4.78, 5) is 76.7. The Bertz CT molecular complexity index is 4400. The Labute approximate surface area is 571 Å². The molecule has 6 aromatic heterocycles. The molecule has 15 rings (SSSR count). The molecule has 6 aliphatic rings. The van der Waals surface area contributed by atoms with Crippen LogP contribution < -0.4 is 30.2 Å². The van der Waals surface area contributed by atoms with Gasteiger partial charge in [-0.3, -0.25) is 14.4 Å². The number of carbonyl (C=O) groups excluding carboxylic acids is 3. The van der Waals surface area contributed by atoms with Crippen LogP contribution in [0.2, 0.25) is 0 Å². The molecule has 9 aromatic rings. The van der Waals surface area contributed by atoms with Crippen LogP contribution in [0.15, 0.2) is 73.6 Å². The number of nitrogens with zero attached hydrogens (tertiary/aromatic N) is 18. The lowest BCUT2D eigenvalue weighted by Crippen LogP contribution is -2.39. The van der Waals surface area contributed by atoms with Crippen LogP contribution in [0.4, 0.5) is 34.9 Å². The fraction of sp³-hybridized carbons (Fsp3) is 0.493. The number of rotatable bonds is 15. The van der Waals surface area contributed by atoms with Crippen molar-refractivity contribution >= 4 is 85.7 Å². The molecule has 0 radical (unpaired) electrons. The van der Waals surface area contributed by atoms with Gasteiger partial charge in [0.2, 0.25) is 35.6 Å². The van der Waals surface area contributed by atoms with Crippen LogP contribution in [0.5, 0.6) is 17.2 Å². The van der Waals surface area contributed by atoms with Gasteiger partial charge in [-0.15, -0.1) is 0 Å². The van der Waals surface area contributed by atoms with Gasteiger partial charge in [-0.2, -0.15) is 30.2 Å². The number of methoxy groups -OCH3 is 3. The molecule has 3 fully saturated rings. The maximum Gasteiger partial charge on any atom is 0.229 e. The summed E-state index contributed by atoms with van der Waals surface area (Å²) >= 11 is 0. The third-order valence-corrected chi connectivity index (χ3v) is 20.3. The number of aromatic nitrogens is 12. The highest BCUT2D eigenvalue weighted by atomic mass is 16.5. The van der Waals surface area contributed by atoms with Crippen LogP contribution in [0.25, 0.3) is 33.1 Å². The number of fused-ring (bicyclic) bond motifs is 6. The average molecular weight is 1330 g/mol. The molecular weight excluding hydrogens is 1240 g/mol. The maximum absolute atomic E-state index is 12.1. The highest BCUT2D eigenvalue weighted by molar-refractivity contribution is 5.80. The van der Waals surface area contributed by atoms with Gasteiger partial charge in [0.1, 0.15) is 17.2 Å². The number of ether oxygens (including phenoxy) is 3. The van der Waals surface area contributed by atoms with E-state index < -0.39 is 0 Å². The minimum Gasteiger partial charge on any atom is -0.495 e. The van der Waals surface area contributed by atoms with Crippen molar-refractivity contribution in [1.29, 1.82) is 0 Å². The van der Waals surface area contributed by atoms with E-state index in [1.54, 1.807) is 79.3 Å². The van der Waals surface area contributed by atoms with Gasteiger partial charge in [0.25, 0.3) is 0 Å². The number of likely N-dealkylation sites (tertiary alicyclic amines) is 3. The van der Waals surface area contributed by atoms with Gasteiger partial charge in [-0.25, -0.2) is 29.0 Å². The molecule has 5 unspecified atom stereocenters. The van der Waals surface area contributed by atoms with E-state index in [-0.39, 0.29) is 35.8 Å². The molecule has 0 aliphatic carbocycles. The summed E-state index contributed by atoms with van der Waals surface area (Å²) in [5.41, 5.74) is 12.7. The van der Waals surface area contributed by atoms with E-state index in [0.717, 1.165) is 171 Å². The molecule has 0 spiro atoms. The molecule has 5 atom stereocenters. The predicted molar refractivity (Wildman–Crippen MR) is 375 cm³/mol. The minimum absolute atomic E-state index is 0.114. The van der Waals surface area contributed by atoms with Crippen LogP contribution in [0, 0.1) is 11.8 Å². The van der Waals surface area contributed by atoms with Crippen LogP contribution >= 0.6 is 0 Å². The largest absolute Gasteiger partial charge is 0.495 e. The van der Waals surface area contributed by atoms with E-state index in [2.05, 4.69) is 132 Å². The number of hydrogen-bond donors (Lipinski definition) is 3. The fourth-order valence-corrected chi connectivity index (χ4v) is 14.9. The first-order valence-electron chi connectivity index (χ1n) is 34.2. The molecular formula is C71H91N21O6. The van der Waals surface area contributed by atoms with Crippen molar-refractivity contribution in [2.24, 2.45) is 11.8 Å². The zero-order chi connectivity index (χ0) is 68.5. The molecule has 0 bridgehead atoms. The van der Waals surface area contributed by atoms with Gasteiger partial charge >= 0.3 is 0 Å². The van der Waals surface area contributed by atoms with Crippen molar-refractivity contribution in [2.45, 2.75) is 137 Å². The second kappa shape index (κ2) is 28.8. The quantitative estimate of drug-likeness (QED) is 0.0872. The van der Waals surface area contributed by atoms with E-state index in [4.69, 9.17) is 29.2 Å². The van der Waals surface area contributed by atoms with Gasteiger partial charge in [-0.05, 0) is 148 Å². The summed E-state index contributed by atoms with van der Waals surface area (Å²) in [6, 6.07) is 13.2. The molecule has 27 nitrogen and oxygen atoms in total. The topological polar surface area (TPSA) is 265 Å². The smallest absolute Gasteiger partial charge is 0.229 e. The fourth-order valence-electron chi connectivity index (χ4n) is 14.9. The summed E-state index contributed by atoms with van der Waals surface area (Å²) in [6.07, 6.45) is 17.7. The Morgan fingerprint density at radius 3 is 1.27 bits per heavy atom. The predicted octanol–water partition coefficient (Wildman–Crippen LogP) is 8.22. The van der Waals surface area contributed by atoms with Gasteiger partial charge in [-0.1, -0.05) is 13.8 Å². The summed E-state index contributed by atoms with van der Waals surface area (Å²) in [6.45, 7) is 19.5. The summed E-state index contributed by atoms with van der Waals surface area (Å²) < 4.78 is 22.6. The lowest BCUT2D eigenvalue weighted by atomic mass is 9.99. The van der Waals surface area contributed by atoms with Crippen LogP contribution in [0.1, 0.15) is 93.7 Å².